The summed E-state index contributed by atoms with van der Waals surface area (Å²) < 4.78 is 0. The number of fused-ring (bicyclic) bond motifs is 1. The van der Waals surface area contributed by atoms with Gasteiger partial charge in [-0.1, -0.05) is 24.3 Å². The highest BCUT2D eigenvalue weighted by Crippen LogP contribution is 2.21. The molecule has 0 spiro atoms. The first-order chi connectivity index (χ1) is 9.76. The lowest BCUT2D eigenvalue weighted by atomic mass is 10.1. The molecule has 4 heteroatoms. The van der Waals surface area contributed by atoms with Crippen LogP contribution < -0.4 is 5.32 Å². The van der Waals surface area contributed by atoms with E-state index < -0.39 is 0 Å². The molecule has 1 aliphatic carbocycles. The van der Waals surface area contributed by atoms with Crippen LogP contribution in [0, 0.1) is 11.3 Å². The van der Waals surface area contributed by atoms with Crippen molar-refractivity contribution in [1.29, 1.82) is 5.26 Å². The van der Waals surface area contributed by atoms with Crippen LogP contribution in [0.2, 0.25) is 0 Å². The molecule has 0 saturated carbocycles. The number of hydrogen-bond donors (Lipinski definition) is 1. The van der Waals surface area contributed by atoms with E-state index in [-0.39, 0.29) is 11.9 Å². The van der Waals surface area contributed by atoms with Crippen molar-refractivity contribution in [2.75, 3.05) is 0 Å². The molecule has 1 aromatic heterocycles. The van der Waals surface area contributed by atoms with Crippen LogP contribution in [-0.2, 0) is 12.8 Å². The van der Waals surface area contributed by atoms with Gasteiger partial charge < -0.3 is 5.32 Å². The number of aromatic nitrogens is 1. The summed E-state index contributed by atoms with van der Waals surface area (Å²) in [5.41, 5.74) is 3.40. The molecule has 20 heavy (non-hydrogen) atoms. The Morgan fingerprint density at radius 1 is 1.20 bits per heavy atom. The van der Waals surface area contributed by atoms with Crippen molar-refractivity contribution in [1.82, 2.24) is 10.3 Å². The summed E-state index contributed by atoms with van der Waals surface area (Å²) in [6, 6.07) is 13.5. The van der Waals surface area contributed by atoms with Crippen molar-refractivity contribution >= 4 is 5.91 Å². The fourth-order valence-corrected chi connectivity index (χ4v) is 2.52. The van der Waals surface area contributed by atoms with E-state index in [0.717, 1.165) is 12.8 Å². The lowest BCUT2D eigenvalue weighted by molar-refractivity contribution is 0.0938. The number of amides is 1. The number of nitriles is 1. The zero-order chi connectivity index (χ0) is 13.9. The maximum atomic E-state index is 12.1. The number of rotatable bonds is 2. The zero-order valence-electron chi connectivity index (χ0n) is 10.8. The topological polar surface area (TPSA) is 65.8 Å². The summed E-state index contributed by atoms with van der Waals surface area (Å²) in [5, 5.41) is 11.7. The van der Waals surface area contributed by atoms with Crippen LogP contribution in [0.1, 0.15) is 27.2 Å². The predicted molar refractivity (Wildman–Crippen MR) is 74.1 cm³/mol. The normalized spacial score (nSPS) is 13.6. The van der Waals surface area contributed by atoms with Gasteiger partial charge in [0.2, 0.25) is 0 Å². The quantitative estimate of drug-likeness (QED) is 0.899. The molecule has 0 bridgehead atoms. The molecular weight excluding hydrogens is 250 g/mol. The Morgan fingerprint density at radius 3 is 2.45 bits per heavy atom. The second-order valence-corrected chi connectivity index (χ2v) is 4.89. The largest absolute Gasteiger partial charge is 0.349 e. The van der Waals surface area contributed by atoms with Crippen LogP contribution in [0.3, 0.4) is 0 Å². The summed E-state index contributed by atoms with van der Waals surface area (Å²) in [5.74, 6) is -0.139. The van der Waals surface area contributed by atoms with E-state index >= 15 is 0 Å². The highest BCUT2D eigenvalue weighted by Gasteiger charge is 2.22. The van der Waals surface area contributed by atoms with E-state index in [2.05, 4.69) is 22.4 Å². The molecule has 1 aromatic carbocycles. The molecule has 3 rings (SSSR count). The van der Waals surface area contributed by atoms with Gasteiger partial charge in [-0.2, -0.15) is 5.26 Å². The first-order valence-corrected chi connectivity index (χ1v) is 6.50. The van der Waals surface area contributed by atoms with Crippen LogP contribution in [-0.4, -0.2) is 16.9 Å². The number of hydrogen-bond acceptors (Lipinski definition) is 3. The van der Waals surface area contributed by atoms with Gasteiger partial charge >= 0.3 is 0 Å². The molecule has 1 aliphatic rings. The smallest absolute Gasteiger partial charge is 0.253 e. The summed E-state index contributed by atoms with van der Waals surface area (Å²) in [7, 11) is 0. The Balaban J connectivity index is 1.67. The SMILES string of the molecule is N#Cc1ccc(C(=O)NC2Cc3ccccc3C2)cn1. The van der Waals surface area contributed by atoms with Gasteiger partial charge in [0.25, 0.3) is 5.91 Å². The monoisotopic (exact) mass is 263 g/mol. The zero-order valence-corrected chi connectivity index (χ0v) is 10.8. The fourth-order valence-electron chi connectivity index (χ4n) is 2.52. The highest BCUT2D eigenvalue weighted by molar-refractivity contribution is 5.94. The average molecular weight is 263 g/mol. The van der Waals surface area contributed by atoms with Gasteiger partial charge in [-0.15, -0.1) is 0 Å². The molecule has 0 aliphatic heterocycles. The summed E-state index contributed by atoms with van der Waals surface area (Å²) in [6.45, 7) is 0. The van der Waals surface area contributed by atoms with E-state index in [1.165, 1.54) is 17.3 Å². The Bertz CT molecular complexity index is 661. The molecule has 1 N–H and O–H groups in total. The van der Waals surface area contributed by atoms with Crippen LogP contribution in [0.15, 0.2) is 42.6 Å². The molecule has 0 saturated heterocycles. The van der Waals surface area contributed by atoms with Crippen LogP contribution in [0.5, 0.6) is 0 Å². The number of nitrogens with one attached hydrogen (secondary N) is 1. The van der Waals surface area contributed by atoms with Crippen molar-refractivity contribution in [2.24, 2.45) is 0 Å². The standard InChI is InChI=1S/C16H13N3O/c17-9-14-6-5-13(10-18-14)16(20)19-15-7-11-3-1-2-4-12(11)8-15/h1-6,10,15H,7-8H2,(H,19,20). The second-order valence-electron chi connectivity index (χ2n) is 4.89. The van der Waals surface area contributed by atoms with Gasteiger partial charge in [-0.3, -0.25) is 4.79 Å². The highest BCUT2D eigenvalue weighted by atomic mass is 16.1. The lowest BCUT2D eigenvalue weighted by Gasteiger charge is -2.11. The van der Waals surface area contributed by atoms with Gasteiger partial charge in [-0.05, 0) is 36.1 Å². The maximum Gasteiger partial charge on any atom is 0.253 e. The van der Waals surface area contributed by atoms with E-state index in [0.29, 0.717) is 11.3 Å². The molecule has 0 radical (unpaired) electrons. The molecule has 1 heterocycles. The number of nitrogens with zero attached hydrogens (tertiary/aromatic N) is 2. The van der Waals surface area contributed by atoms with Crippen molar-refractivity contribution < 1.29 is 4.79 Å². The summed E-state index contributed by atoms with van der Waals surface area (Å²) in [4.78, 5) is 16.0. The summed E-state index contributed by atoms with van der Waals surface area (Å²) in [6.07, 6.45) is 3.17. The molecule has 4 nitrogen and oxygen atoms in total. The third-order valence-electron chi connectivity index (χ3n) is 3.53. The van der Waals surface area contributed by atoms with Crippen molar-refractivity contribution in [2.45, 2.75) is 18.9 Å². The van der Waals surface area contributed by atoms with Gasteiger partial charge in [0.1, 0.15) is 11.8 Å². The summed E-state index contributed by atoms with van der Waals surface area (Å²) >= 11 is 0. The molecule has 2 aromatic rings. The Kier molecular flexibility index (Phi) is 3.18. The first kappa shape index (κ1) is 12.4. The molecule has 0 unspecified atom stereocenters. The predicted octanol–water partition coefficient (Wildman–Crippen LogP) is 1.85. The number of carbonyl (C=O) groups is 1. The Morgan fingerprint density at radius 2 is 1.90 bits per heavy atom. The average Bonchev–Trinajstić information content (AvgIpc) is 2.89. The fraction of sp³-hybridized carbons (Fsp3) is 0.188. The minimum atomic E-state index is -0.139. The minimum Gasteiger partial charge on any atom is -0.349 e. The number of carbonyl (C=O) groups excluding carboxylic acids is 1. The Labute approximate surface area is 117 Å². The first-order valence-electron chi connectivity index (χ1n) is 6.50. The molecule has 98 valence electrons. The third-order valence-corrected chi connectivity index (χ3v) is 3.53. The van der Waals surface area contributed by atoms with E-state index in [1.54, 1.807) is 12.1 Å². The third kappa shape index (κ3) is 2.39. The van der Waals surface area contributed by atoms with Crippen LogP contribution in [0.25, 0.3) is 0 Å². The minimum absolute atomic E-state index is 0.135. The van der Waals surface area contributed by atoms with Crippen LogP contribution >= 0.6 is 0 Å². The van der Waals surface area contributed by atoms with Gasteiger partial charge in [0, 0.05) is 12.2 Å². The van der Waals surface area contributed by atoms with E-state index in [4.69, 9.17) is 5.26 Å². The van der Waals surface area contributed by atoms with Crippen molar-refractivity contribution in [3.8, 4) is 6.07 Å². The molecule has 0 fully saturated rings. The Hall–Kier alpha value is -2.67. The molecule has 1 amide bonds. The van der Waals surface area contributed by atoms with Gasteiger partial charge in [0.05, 0.1) is 5.56 Å². The molecule has 0 atom stereocenters. The van der Waals surface area contributed by atoms with Crippen LogP contribution in [0.4, 0.5) is 0 Å². The van der Waals surface area contributed by atoms with E-state index in [1.807, 2.05) is 18.2 Å². The second kappa shape index (κ2) is 5.14. The number of pyridine rings is 1. The van der Waals surface area contributed by atoms with Crippen molar-refractivity contribution in [3.05, 3.63) is 65.0 Å². The maximum absolute atomic E-state index is 12.1. The lowest BCUT2D eigenvalue weighted by Crippen LogP contribution is -2.35. The van der Waals surface area contributed by atoms with Crippen molar-refractivity contribution in [3.63, 3.8) is 0 Å². The van der Waals surface area contributed by atoms with Gasteiger partial charge in [-0.25, -0.2) is 4.98 Å². The van der Waals surface area contributed by atoms with E-state index in [9.17, 15) is 4.79 Å². The molecular formula is C16H13N3O. The number of benzene rings is 1. The van der Waals surface area contributed by atoms with Gasteiger partial charge in [0.15, 0.2) is 0 Å².